The molecule has 0 saturated heterocycles. The first-order valence-electron chi connectivity index (χ1n) is 7.16. The molecule has 0 aliphatic carbocycles. The first kappa shape index (κ1) is 15.1. The highest BCUT2D eigenvalue weighted by Crippen LogP contribution is 2.19. The van der Waals surface area contributed by atoms with E-state index in [4.69, 9.17) is 0 Å². The lowest BCUT2D eigenvalue weighted by Gasteiger charge is -2.13. The monoisotopic (exact) mass is 282 g/mol. The topological polar surface area (TPSA) is 32.3 Å². The maximum absolute atomic E-state index is 12.3. The third-order valence-corrected chi connectivity index (χ3v) is 3.46. The lowest BCUT2D eigenvalue weighted by molar-refractivity contribution is 0.102. The van der Waals surface area contributed by atoms with Crippen molar-refractivity contribution in [2.75, 3.05) is 24.3 Å². The Morgan fingerprint density at radius 3 is 2.29 bits per heavy atom. The van der Waals surface area contributed by atoms with Gasteiger partial charge in [-0.05, 0) is 41.8 Å². The second kappa shape index (κ2) is 6.44. The third-order valence-electron chi connectivity index (χ3n) is 3.46. The average Bonchev–Trinajstić information content (AvgIpc) is 2.48. The van der Waals surface area contributed by atoms with E-state index >= 15 is 0 Å². The maximum Gasteiger partial charge on any atom is 0.255 e. The minimum atomic E-state index is -0.0870. The van der Waals surface area contributed by atoms with Crippen LogP contribution in [-0.4, -0.2) is 20.0 Å². The van der Waals surface area contributed by atoms with Gasteiger partial charge in [0.1, 0.15) is 0 Å². The Kier molecular flexibility index (Phi) is 4.63. The first-order chi connectivity index (χ1) is 9.97. The van der Waals surface area contributed by atoms with Crippen molar-refractivity contribution in [3.63, 3.8) is 0 Å². The molecule has 0 fully saturated rings. The fraction of sp³-hybridized carbons (Fsp3) is 0.278. The smallest absolute Gasteiger partial charge is 0.255 e. The summed E-state index contributed by atoms with van der Waals surface area (Å²) in [5.74, 6) is 0.405. The van der Waals surface area contributed by atoms with E-state index in [1.165, 1.54) is 5.56 Å². The Morgan fingerprint density at radius 2 is 1.71 bits per heavy atom. The Hall–Kier alpha value is -2.29. The van der Waals surface area contributed by atoms with Crippen LogP contribution in [-0.2, 0) is 0 Å². The second-order valence-corrected chi connectivity index (χ2v) is 5.68. The molecule has 3 heteroatoms. The van der Waals surface area contributed by atoms with Crippen molar-refractivity contribution in [3.8, 4) is 0 Å². The second-order valence-electron chi connectivity index (χ2n) is 5.68. The average molecular weight is 282 g/mol. The number of nitrogens with zero attached hydrogens (tertiary/aromatic N) is 1. The number of rotatable bonds is 4. The van der Waals surface area contributed by atoms with E-state index in [-0.39, 0.29) is 5.91 Å². The third kappa shape index (κ3) is 3.85. The van der Waals surface area contributed by atoms with Gasteiger partial charge < -0.3 is 10.2 Å². The highest BCUT2D eigenvalue weighted by atomic mass is 16.1. The lowest BCUT2D eigenvalue weighted by atomic mass is 10.0. The van der Waals surface area contributed by atoms with Crippen LogP contribution in [0, 0.1) is 0 Å². The van der Waals surface area contributed by atoms with E-state index in [0.717, 1.165) is 11.4 Å². The summed E-state index contributed by atoms with van der Waals surface area (Å²) in [6, 6.07) is 15.6. The molecule has 110 valence electrons. The number of amides is 1. The SMILES string of the molecule is CC(C)c1ccc(NC(=O)c2cccc(N(C)C)c2)cc1. The highest BCUT2D eigenvalue weighted by molar-refractivity contribution is 6.04. The number of benzene rings is 2. The largest absolute Gasteiger partial charge is 0.378 e. The molecule has 3 nitrogen and oxygen atoms in total. The van der Waals surface area contributed by atoms with Gasteiger partial charge in [0.05, 0.1) is 0 Å². The number of carbonyl (C=O) groups excluding carboxylic acids is 1. The summed E-state index contributed by atoms with van der Waals surface area (Å²) in [6.07, 6.45) is 0. The Morgan fingerprint density at radius 1 is 1.05 bits per heavy atom. The predicted molar refractivity (Wildman–Crippen MR) is 89.3 cm³/mol. The first-order valence-corrected chi connectivity index (χ1v) is 7.16. The van der Waals surface area contributed by atoms with Gasteiger partial charge in [-0.2, -0.15) is 0 Å². The number of hydrogen-bond acceptors (Lipinski definition) is 2. The molecule has 0 aliphatic rings. The van der Waals surface area contributed by atoms with Crippen LogP contribution < -0.4 is 10.2 Å². The Balaban J connectivity index is 2.12. The fourth-order valence-electron chi connectivity index (χ4n) is 2.08. The summed E-state index contributed by atoms with van der Waals surface area (Å²) in [5, 5.41) is 2.93. The van der Waals surface area contributed by atoms with E-state index in [1.807, 2.05) is 55.4 Å². The zero-order chi connectivity index (χ0) is 15.4. The number of nitrogens with one attached hydrogen (secondary N) is 1. The predicted octanol–water partition coefficient (Wildman–Crippen LogP) is 4.13. The summed E-state index contributed by atoms with van der Waals surface area (Å²) >= 11 is 0. The van der Waals surface area contributed by atoms with E-state index in [2.05, 4.69) is 31.3 Å². The molecule has 0 atom stereocenters. The standard InChI is InChI=1S/C18H22N2O/c1-13(2)14-8-10-16(11-9-14)19-18(21)15-6-5-7-17(12-15)20(3)4/h5-13H,1-4H3,(H,19,21). The van der Waals surface area contributed by atoms with Gasteiger partial charge in [0.15, 0.2) is 0 Å². The molecule has 0 saturated carbocycles. The summed E-state index contributed by atoms with van der Waals surface area (Å²) < 4.78 is 0. The van der Waals surface area contributed by atoms with E-state index in [0.29, 0.717) is 11.5 Å². The molecule has 2 aromatic rings. The van der Waals surface area contributed by atoms with Gasteiger partial charge in [0.2, 0.25) is 0 Å². The van der Waals surface area contributed by atoms with Crippen LogP contribution in [0.3, 0.4) is 0 Å². The van der Waals surface area contributed by atoms with Crippen LogP contribution in [0.2, 0.25) is 0 Å². The van der Waals surface area contributed by atoms with E-state index in [9.17, 15) is 4.79 Å². The molecule has 21 heavy (non-hydrogen) atoms. The fourth-order valence-corrected chi connectivity index (χ4v) is 2.08. The molecule has 0 radical (unpaired) electrons. The maximum atomic E-state index is 12.3. The summed E-state index contributed by atoms with van der Waals surface area (Å²) in [5.41, 5.74) is 3.76. The molecule has 0 bridgehead atoms. The highest BCUT2D eigenvalue weighted by Gasteiger charge is 2.08. The quantitative estimate of drug-likeness (QED) is 0.914. The minimum absolute atomic E-state index is 0.0870. The van der Waals surface area contributed by atoms with E-state index < -0.39 is 0 Å². The molecular formula is C18H22N2O. The zero-order valence-electron chi connectivity index (χ0n) is 13.1. The summed E-state index contributed by atoms with van der Waals surface area (Å²) in [6.45, 7) is 4.31. The van der Waals surface area contributed by atoms with Crippen molar-refractivity contribution in [2.45, 2.75) is 19.8 Å². The van der Waals surface area contributed by atoms with Gasteiger partial charge in [-0.15, -0.1) is 0 Å². The van der Waals surface area contributed by atoms with Crippen molar-refractivity contribution >= 4 is 17.3 Å². The minimum Gasteiger partial charge on any atom is -0.378 e. The molecule has 0 spiro atoms. The van der Waals surface area contributed by atoms with Crippen molar-refractivity contribution in [2.24, 2.45) is 0 Å². The molecule has 1 amide bonds. The van der Waals surface area contributed by atoms with Gasteiger partial charge >= 0.3 is 0 Å². The van der Waals surface area contributed by atoms with Crippen molar-refractivity contribution in [1.29, 1.82) is 0 Å². The number of carbonyl (C=O) groups is 1. The summed E-state index contributed by atoms with van der Waals surface area (Å²) in [4.78, 5) is 14.3. The van der Waals surface area contributed by atoms with E-state index in [1.54, 1.807) is 0 Å². The molecular weight excluding hydrogens is 260 g/mol. The van der Waals surface area contributed by atoms with Crippen LogP contribution in [0.4, 0.5) is 11.4 Å². The van der Waals surface area contributed by atoms with Gasteiger partial charge in [-0.25, -0.2) is 0 Å². The Bertz CT molecular complexity index is 615. The molecule has 0 aromatic heterocycles. The van der Waals surface area contributed by atoms with Gasteiger partial charge in [-0.1, -0.05) is 32.0 Å². The molecule has 1 N–H and O–H groups in total. The van der Waals surface area contributed by atoms with Crippen molar-refractivity contribution < 1.29 is 4.79 Å². The molecule has 0 heterocycles. The van der Waals surface area contributed by atoms with Gasteiger partial charge in [-0.3, -0.25) is 4.79 Å². The molecule has 0 aliphatic heterocycles. The summed E-state index contributed by atoms with van der Waals surface area (Å²) in [7, 11) is 3.92. The normalized spacial score (nSPS) is 10.5. The molecule has 2 aromatic carbocycles. The lowest BCUT2D eigenvalue weighted by Crippen LogP contribution is -2.14. The molecule has 0 unspecified atom stereocenters. The number of anilines is 2. The van der Waals surface area contributed by atoms with Crippen LogP contribution >= 0.6 is 0 Å². The zero-order valence-corrected chi connectivity index (χ0v) is 13.1. The van der Waals surface area contributed by atoms with Crippen LogP contribution in [0.5, 0.6) is 0 Å². The van der Waals surface area contributed by atoms with Crippen molar-refractivity contribution in [3.05, 3.63) is 59.7 Å². The van der Waals surface area contributed by atoms with Gasteiger partial charge in [0, 0.05) is 31.0 Å². The molecule has 2 rings (SSSR count). The Labute approximate surface area is 126 Å². The van der Waals surface area contributed by atoms with Crippen molar-refractivity contribution in [1.82, 2.24) is 0 Å². The van der Waals surface area contributed by atoms with Crippen LogP contribution in [0.25, 0.3) is 0 Å². The van der Waals surface area contributed by atoms with Crippen LogP contribution in [0.15, 0.2) is 48.5 Å². The van der Waals surface area contributed by atoms with Gasteiger partial charge in [0.25, 0.3) is 5.91 Å². The van der Waals surface area contributed by atoms with Crippen LogP contribution in [0.1, 0.15) is 35.7 Å². The number of hydrogen-bond donors (Lipinski definition) is 1.